The van der Waals surface area contributed by atoms with E-state index in [9.17, 15) is 0 Å². The van der Waals surface area contributed by atoms with Crippen LogP contribution in [0.15, 0.2) is 23.2 Å². The largest absolute Gasteiger partial charge is 0.454 e. The van der Waals surface area contributed by atoms with Gasteiger partial charge in [-0.3, -0.25) is 4.99 Å². The second kappa shape index (κ2) is 9.25. The number of ether oxygens (including phenoxy) is 3. The maximum atomic E-state index is 5.58. The molecule has 1 aliphatic heterocycles. The highest BCUT2D eigenvalue weighted by molar-refractivity contribution is 5.79. The number of aliphatic imine (C=N–C) groups is 1. The predicted molar refractivity (Wildman–Crippen MR) is 91.0 cm³/mol. The molecule has 0 saturated heterocycles. The molecule has 0 unspecified atom stereocenters. The van der Waals surface area contributed by atoms with Crippen LogP contribution >= 0.6 is 0 Å². The lowest BCUT2D eigenvalue weighted by molar-refractivity contribution is 0.128. The third kappa shape index (κ3) is 5.98. The Bertz CT molecular complexity index is 518. The first-order valence-corrected chi connectivity index (χ1v) is 8.10. The Balaban J connectivity index is 1.65. The SMILES string of the molecule is CN=C(NCCOCCC(C)C)NCc1ccc2c(c1)OCO2. The van der Waals surface area contributed by atoms with Gasteiger partial charge in [0, 0.05) is 26.7 Å². The van der Waals surface area contributed by atoms with E-state index < -0.39 is 0 Å². The number of rotatable bonds is 8. The van der Waals surface area contributed by atoms with E-state index in [0.29, 0.717) is 25.9 Å². The van der Waals surface area contributed by atoms with Crippen molar-refractivity contribution in [1.82, 2.24) is 10.6 Å². The Morgan fingerprint density at radius 1 is 1.22 bits per heavy atom. The maximum Gasteiger partial charge on any atom is 0.231 e. The van der Waals surface area contributed by atoms with E-state index in [1.807, 2.05) is 18.2 Å². The summed E-state index contributed by atoms with van der Waals surface area (Å²) in [6.07, 6.45) is 1.09. The van der Waals surface area contributed by atoms with E-state index in [2.05, 4.69) is 29.5 Å². The Morgan fingerprint density at radius 3 is 2.83 bits per heavy atom. The topological polar surface area (TPSA) is 64.1 Å². The molecule has 128 valence electrons. The zero-order chi connectivity index (χ0) is 16.5. The maximum absolute atomic E-state index is 5.58. The van der Waals surface area contributed by atoms with Gasteiger partial charge in [-0.25, -0.2) is 0 Å². The van der Waals surface area contributed by atoms with Crippen molar-refractivity contribution in [2.24, 2.45) is 10.9 Å². The normalized spacial score (nSPS) is 13.5. The summed E-state index contributed by atoms with van der Waals surface area (Å²) in [5.74, 6) is 3.04. The first kappa shape index (κ1) is 17.4. The molecule has 0 bridgehead atoms. The van der Waals surface area contributed by atoms with Crippen molar-refractivity contribution in [1.29, 1.82) is 0 Å². The van der Waals surface area contributed by atoms with Crippen LogP contribution in [0.3, 0.4) is 0 Å². The fraction of sp³-hybridized carbons (Fsp3) is 0.588. The monoisotopic (exact) mass is 321 g/mol. The van der Waals surface area contributed by atoms with Gasteiger partial charge in [-0.05, 0) is 30.0 Å². The summed E-state index contributed by atoms with van der Waals surface area (Å²) in [4.78, 5) is 4.20. The molecule has 1 aromatic rings. The minimum absolute atomic E-state index is 0.298. The van der Waals surface area contributed by atoms with Crippen molar-refractivity contribution in [3.05, 3.63) is 23.8 Å². The van der Waals surface area contributed by atoms with Gasteiger partial charge in [0.2, 0.25) is 6.79 Å². The molecule has 0 aromatic heterocycles. The third-order valence-electron chi connectivity index (χ3n) is 3.50. The van der Waals surface area contributed by atoms with Crippen LogP contribution in [0.4, 0.5) is 0 Å². The lowest BCUT2D eigenvalue weighted by Gasteiger charge is -2.12. The quantitative estimate of drug-likeness (QED) is 0.436. The van der Waals surface area contributed by atoms with Crippen LogP contribution < -0.4 is 20.1 Å². The van der Waals surface area contributed by atoms with E-state index in [0.717, 1.165) is 42.6 Å². The molecule has 1 heterocycles. The average molecular weight is 321 g/mol. The van der Waals surface area contributed by atoms with Crippen molar-refractivity contribution in [2.75, 3.05) is 33.6 Å². The molecule has 0 aliphatic carbocycles. The summed E-state index contributed by atoms with van der Waals surface area (Å²) in [7, 11) is 1.76. The van der Waals surface area contributed by atoms with Crippen LogP contribution in [-0.2, 0) is 11.3 Å². The molecular weight excluding hydrogens is 294 g/mol. The highest BCUT2D eigenvalue weighted by Gasteiger charge is 2.13. The Hall–Kier alpha value is -1.95. The second-order valence-electron chi connectivity index (χ2n) is 5.84. The number of hydrogen-bond acceptors (Lipinski definition) is 4. The van der Waals surface area contributed by atoms with Crippen molar-refractivity contribution in [3.8, 4) is 11.5 Å². The van der Waals surface area contributed by atoms with Crippen LogP contribution in [0.25, 0.3) is 0 Å². The molecule has 1 aliphatic rings. The standard InChI is InChI=1S/C17H27N3O3/c1-13(2)6-8-21-9-7-19-17(18-3)20-11-14-4-5-15-16(10-14)23-12-22-15/h4-5,10,13H,6-9,11-12H2,1-3H3,(H2,18,19,20). The second-order valence-corrected chi connectivity index (χ2v) is 5.84. The van der Waals surface area contributed by atoms with E-state index >= 15 is 0 Å². The first-order valence-electron chi connectivity index (χ1n) is 8.10. The molecule has 2 N–H and O–H groups in total. The Labute approximate surface area is 138 Å². The Kier molecular flexibility index (Phi) is 7.00. The summed E-state index contributed by atoms with van der Waals surface area (Å²) in [6, 6.07) is 5.93. The summed E-state index contributed by atoms with van der Waals surface area (Å²) in [5.41, 5.74) is 1.12. The van der Waals surface area contributed by atoms with Gasteiger partial charge < -0.3 is 24.8 Å². The van der Waals surface area contributed by atoms with Gasteiger partial charge in [-0.1, -0.05) is 19.9 Å². The molecule has 0 fully saturated rings. The highest BCUT2D eigenvalue weighted by Crippen LogP contribution is 2.32. The molecule has 0 spiro atoms. The number of nitrogens with zero attached hydrogens (tertiary/aromatic N) is 1. The predicted octanol–water partition coefficient (Wildman–Crippen LogP) is 2.14. The summed E-state index contributed by atoms with van der Waals surface area (Å²) < 4.78 is 16.3. The number of benzene rings is 1. The highest BCUT2D eigenvalue weighted by atomic mass is 16.7. The number of nitrogens with one attached hydrogen (secondary N) is 2. The number of fused-ring (bicyclic) bond motifs is 1. The van der Waals surface area contributed by atoms with Gasteiger partial charge >= 0.3 is 0 Å². The summed E-state index contributed by atoms with van der Waals surface area (Å²) >= 11 is 0. The molecule has 1 aromatic carbocycles. The minimum atomic E-state index is 0.298. The van der Waals surface area contributed by atoms with Crippen LogP contribution in [0.5, 0.6) is 11.5 Å². The molecular formula is C17H27N3O3. The van der Waals surface area contributed by atoms with Crippen LogP contribution in [0.1, 0.15) is 25.8 Å². The molecule has 23 heavy (non-hydrogen) atoms. The van der Waals surface area contributed by atoms with Crippen LogP contribution in [0, 0.1) is 5.92 Å². The third-order valence-corrected chi connectivity index (χ3v) is 3.50. The lowest BCUT2D eigenvalue weighted by atomic mass is 10.1. The Morgan fingerprint density at radius 2 is 2.04 bits per heavy atom. The fourth-order valence-corrected chi connectivity index (χ4v) is 2.12. The van der Waals surface area contributed by atoms with Crippen molar-refractivity contribution in [3.63, 3.8) is 0 Å². The fourth-order valence-electron chi connectivity index (χ4n) is 2.12. The lowest BCUT2D eigenvalue weighted by Crippen LogP contribution is -2.38. The van der Waals surface area contributed by atoms with Crippen molar-refractivity contribution < 1.29 is 14.2 Å². The van der Waals surface area contributed by atoms with Crippen LogP contribution in [-0.4, -0.2) is 39.6 Å². The molecule has 0 amide bonds. The molecule has 0 atom stereocenters. The molecule has 0 radical (unpaired) electrons. The smallest absolute Gasteiger partial charge is 0.231 e. The van der Waals surface area contributed by atoms with E-state index in [-0.39, 0.29) is 0 Å². The zero-order valence-electron chi connectivity index (χ0n) is 14.2. The molecule has 6 nitrogen and oxygen atoms in total. The van der Waals surface area contributed by atoms with Crippen molar-refractivity contribution >= 4 is 5.96 Å². The van der Waals surface area contributed by atoms with E-state index in [4.69, 9.17) is 14.2 Å². The summed E-state index contributed by atoms with van der Waals surface area (Å²) in [6.45, 7) is 7.59. The van der Waals surface area contributed by atoms with Crippen molar-refractivity contribution in [2.45, 2.75) is 26.8 Å². The minimum Gasteiger partial charge on any atom is -0.454 e. The van der Waals surface area contributed by atoms with E-state index in [1.165, 1.54) is 0 Å². The number of guanidine groups is 1. The molecule has 2 rings (SSSR count). The zero-order valence-corrected chi connectivity index (χ0v) is 14.2. The van der Waals surface area contributed by atoms with Gasteiger partial charge in [0.1, 0.15) is 0 Å². The van der Waals surface area contributed by atoms with Gasteiger partial charge in [0.05, 0.1) is 6.61 Å². The van der Waals surface area contributed by atoms with Gasteiger partial charge in [0.15, 0.2) is 17.5 Å². The van der Waals surface area contributed by atoms with Gasteiger partial charge in [0.25, 0.3) is 0 Å². The summed E-state index contributed by atoms with van der Waals surface area (Å²) in [5, 5.41) is 6.51. The number of hydrogen-bond donors (Lipinski definition) is 2. The van der Waals surface area contributed by atoms with Crippen LogP contribution in [0.2, 0.25) is 0 Å². The first-order chi connectivity index (χ1) is 11.2. The van der Waals surface area contributed by atoms with E-state index in [1.54, 1.807) is 7.05 Å². The average Bonchev–Trinajstić information content (AvgIpc) is 3.00. The molecule has 6 heteroatoms. The van der Waals surface area contributed by atoms with Gasteiger partial charge in [-0.15, -0.1) is 0 Å². The molecule has 0 saturated carbocycles. The van der Waals surface area contributed by atoms with Gasteiger partial charge in [-0.2, -0.15) is 0 Å².